The van der Waals surface area contributed by atoms with Crippen molar-refractivity contribution in [2.24, 2.45) is 0 Å². The number of anilines is 2. The third-order valence-corrected chi connectivity index (χ3v) is 3.99. The van der Waals surface area contributed by atoms with Gasteiger partial charge in [-0.1, -0.05) is 13.0 Å². The second-order valence-electron chi connectivity index (χ2n) is 6.07. The van der Waals surface area contributed by atoms with Gasteiger partial charge in [0.1, 0.15) is 5.69 Å². The van der Waals surface area contributed by atoms with Crippen LogP contribution in [-0.2, 0) is 12.4 Å². The molecule has 2 aromatic rings. The van der Waals surface area contributed by atoms with Gasteiger partial charge in [-0.15, -0.1) is 0 Å². The van der Waals surface area contributed by atoms with E-state index in [0.29, 0.717) is 23.1 Å². The van der Waals surface area contributed by atoms with E-state index >= 15 is 0 Å². The molecule has 0 N–H and O–H groups in total. The lowest BCUT2D eigenvalue weighted by Gasteiger charge is -2.27. The van der Waals surface area contributed by atoms with Gasteiger partial charge in [-0.25, -0.2) is 0 Å². The summed E-state index contributed by atoms with van der Waals surface area (Å²) >= 11 is 0. The molecule has 0 saturated carbocycles. The van der Waals surface area contributed by atoms with Crippen LogP contribution in [0.5, 0.6) is 0 Å². The SMILES string of the molecule is CCCN(c1cccc(C(F)(F)F)c1)c1c([N+](=O)[O-])cc([N+](=O)[O-])cc1C(F)(F)F. The van der Waals surface area contributed by atoms with E-state index in [9.17, 15) is 46.6 Å². The molecule has 0 aliphatic rings. The fourth-order valence-corrected chi connectivity index (χ4v) is 2.79. The molecule has 0 unspecified atom stereocenters. The van der Waals surface area contributed by atoms with Crippen LogP contribution in [0.15, 0.2) is 36.4 Å². The summed E-state index contributed by atoms with van der Waals surface area (Å²) in [6, 6.07) is 3.74. The van der Waals surface area contributed by atoms with E-state index in [4.69, 9.17) is 0 Å². The number of nitrogens with zero attached hydrogens (tertiary/aromatic N) is 3. The van der Waals surface area contributed by atoms with Gasteiger partial charge in [0.2, 0.25) is 0 Å². The Hall–Kier alpha value is -3.38. The quantitative estimate of drug-likeness (QED) is 0.310. The number of hydrogen-bond acceptors (Lipinski definition) is 5. The number of rotatable bonds is 6. The van der Waals surface area contributed by atoms with Gasteiger partial charge in [-0.3, -0.25) is 20.2 Å². The monoisotopic (exact) mass is 437 g/mol. The maximum atomic E-state index is 13.7. The summed E-state index contributed by atoms with van der Waals surface area (Å²) in [6.07, 6.45) is -9.94. The van der Waals surface area contributed by atoms with Gasteiger partial charge in [-0.05, 0) is 24.6 Å². The van der Waals surface area contributed by atoms with Crippen LogP contribution in [0.25, 0.3) is 0 Å². The van der Waals surface area contributed by atoms with Crippen molar-refractivity contribution < 1.29 is 36.2 Å². The molecule has 2 aromatic carbocycles. The molecule has 7 nitrogen and oxygen atoms in total. The predicted octanol–water partition coefficient (Wildman–Crippen LogP) is 6.09. The molecule has 0 fully saturated rings. The van der Waals surface area contributed by atoms with Crippen LogP contribution >= 0.6 is 0 Å². The molecular weight excluding hydrogens is 424 g/mol. The predicted molar refractivity (Wildman–Crippen MR) is 93.5 cm³/mol. The Morgan fingerprint density at radius 2 is 1.57 bits per heavy atom. The Bertz CT molecular complexity index is 975. The highest BCUT2D eigenvalue weighted by atomic mass is 19.4. The smallest absolute Gasteiger partial charge is 0.335 e. The van der Waals surface area contributed by atoms with E-state index < -0.39 is 50.4 Å². The number of non-ortho nitro benzene ring substituents is 1. The fourth-order valence-electron chi connectivity index (χ4n) is 2.79. The van der Waals surface area contributed by atoms with Crippen molar-refractivity contribution in [2.75, 3.05) is 11.4 Å². The number of halogens is 6. The van der Waals surface area contributed by atoms with Gasteiger partial charge in [0.25, 0.3) is 11.4 Å². The lowest BCUT2D eigenvalue weighted by Crippen LogP contribution is -2.24. The highest BCUT2D eigenvalue weighted by molar-refractivity contribution is 5.78. The first-order chi connectivity index (χ1) is 13.8. The Balaban J connectivity index is 2.89. The minimum Gasteiger partial charge on any atom is -0.335 e. The molecule has 0 bridgehead atoms. The molecular formula is C17H13F6N3O4. The van der Waals surface area contributed by atoms with Crippen molar-refractivity contribution in [1.29, 1.82) is 0 Å². The fraction of sp³-hybridized carbons (Fsp3) is 0.294. The number of nitro benzene ring substituents is 2. The largest absolute Gasteiger partial charge is 0.418 e. The Morgan fingerprint density at radius 3 is 2.03 bits per heavy atom. The second kappa shape index (κ2) is 8.16. The van der Waals surface area contributed by atoms with Crippen LogP contribution in [-0.4, -0.2) is 16.4 Å². The maximum absolute atomic E-state index is 13.7. The summed E-state index contributed by atoms with van der Waals surface area (Å²) in [5.41, 5.74) is -6.73. The average molecular weight is 437 g/mol. The Labute approximate surface area is 164 Å². The maximum Gasteiger partial charge on any atom is 0.418 e. The van der Waals surface area contributed by atoms with Gasteiger partial charge in [0.15, 0.2) is 0 Å². The summed E-state index contributed by atoms with van der Waals surface area (Å²) in [4.78, 5) is 20.7. The average Bonchev–Trinajstić information content (AvgIpc) is 2.63. The third kappa shape index (κ3) is 4.78. The van der Waals surface area contributed by atoms with Crippen molar-refractivity contribution in [3.8, 4) is 0 Å². The van der Waals surface area contributed by atoms with E-state index in [1.54, 1.807) is 0 Å². The van der Waals surface area contributed by atoms with Crippen LogP contribution in [0.3, 0.4) is 0 Å². The summed E-state index contributed by atoms with van der Waals surface area (Å²) in [6.45, 7) is 1.19. The van der Waals surface area contributed by atoms with Crippen LogP contribution in [0.4, 0.5) is 49.1 Å². The lowest BCUT2D eigenvalue weighted by molar-refractivity contribution is -0.394. The van der Waals surface area contributed by atoms with E-state index in [1.807, 2.05) is 0 Å². The molecule has 162 valence electrons. The van der Waals surface area contributed by atoms with Gasteiger partial charge < -0.3 is 4.90 Å². The molecule has 0 aromatic heterocycles. The second-order valence-corrected chi connectivity index (χ2v) is 6.07. The molecule has 0 aliphatic heterocycles. The molecule has 0 amide bonds. The van der Waals surface area contributed by atoms with Crippen molar-refractivity contribution in [1.82, 2.24) is 0 Å². The first-order valence-corrected chi connectivity index (χ1v) is 8.26. The highest BCUT2D eigenvalue weighted by Gasteiger charge is 2.42. The minimum absolute atomic E-state index is 0.113. The number of alkyl halides is 6. The van der Waals surface area contributed by atoms with Crippen LogP contribution in [0.2, 0.25) is 0 Å². The highest BCUT2D eigenvalue weighted by Crippen LogP contribution is 2.47. The molecule has 0 radical (unpaired) electrons. The van der Waals surface area contributed by atoms with Crippen molar-refractivity contribution in [2.45, 2.75) is 25.7 Å². The molecule has 13 heteroatoms. The third-order valence-electron chi connectivity index (χ3n) is 3.99. The van der Waals surface area contributed by atoms with E-state index in [2.05, 4.69) is 0 Å². The van der Waals surface area contributed by atoms with Crippen LogP contribution < -0.4 is 4.90 Å². The molecule has 0 saturated heterocycles. The van der Waals surface area contributed by atoms with Crippen LogP contribution in [0, 0.1) is 20.2 Å². The van der Waals surface area contributed by atoms with E-state index in [-0.39, 0.29) is 24.7 Å². The molecule has 0 aliphatic carbocycles. The number of nitro groups is 2. The Morgan fingerprint density at radius 1 is 0.933 bits per heavy atom. The van der Waals surface area contributed by atoms with Crippen molar-refractivity contribution in [3.63, 3.8) is 0 Å². The molecule has 0 heterocycles. The molecule has 30 heavy (non-hydrogen) atoms. The summed E-state index contributed by atoms with van der Waals surface area (Å²) in [5, 5.41) is 22.4. The lowest BCUT2D eigenvalue weighted by atomic mass is 10.1. The van der Waals surface area contributed by atoms with Gasteiger partial charge >= 0.3 is 12.4 Å². The standard InChI is InChI=1S/C17H13F6N3O4/c1-2-6-24(11-5-3-4-10(7-11)16(18,19)20)15-13(17(21,22)23)8-12(25(27)28)9-14(15)26(29)30/h3-5,7-9H,2,6H2,1H3. The van der Waals surface area contributed by atoms with Crippen molar-refractivity contribution >= 4 is 22.7 Å². The first-order valence-electron chi connectivity index (χ1n) is 8.26. The zero-order valence-electron chi connectivity index (χ0n) is 15.1. The van der Waals surface area contributed by atoms with Crippen LogP contribution in [0.1, 0.15) is 24.5 Å². The molecule has 2 rings (SSSR count). The zero-order valence-corrected chi connectivity index (χ0v) is 15.1. The minimum atomic E-state index is -5.25. The topological polar surface area (TPSA) is 89.5 Å². The van der Waals surface area contributed by atoms with E-state index in [1.165, 1.54) is 6.92 Å². The van der Waals surface area contributed by atoms with E-state index in [0.717, 1.165) is 12.1 Å². The Kier molecular flexibility index (Phi) is 6.23. The summed E-state index contributed by atoms with van der Waals surface area (Å²) < 4.78 is 80.2. The van der Waals surface area contributed by atoms with Gasteiger partial charge in [-0.2, -0.15) is 26.3 Å². The molecule has 0 spiro atoms. The van der Waals surface area contributed by atoms with Gasteiger partial charge in [0, 0.05) is 18.3 Å². The summed E-state index contributed by atoms with van der Waals surface area (Å²) in [7, 11) is 0. The normalized spacial score (nSPS) is 12.0. The number of hydrogen-bond donors (Lipinski definition) is 0. The first kappa shape index (κ1) is 22.9. The molecule has 0 atom stereocenters. The van der Waals surface area contributed by atoms with Gasteiger partial charge in [0.05, 0.1) is 27.0 Å². The summed E-state index contributed by atoms with van der Waals surface area (Å²) in [5.74, 6) is 0. The van der Waals surface area contributed by atoms with Crippen molar-refractivity contribution in [3.05, 3.63) is 67.8 Å². The number of benzene rings is 2. The zero-order chi connectivity index (χ0) is 22.9.